The molecule has 8 nitrogen and oxygen atoms in total. The second-order valence-corrected chi connectivity index (χ2v) is 12.4. The highest BCUT2D eigenvalue weighted by Gasteiger charge is 2.34. The van der Waals surface area contributed by atoms with Crippen LogP contribution in [0.5, 0.6) is 0 Å². The summed E-state index contributed by atoms with van der Waals surface area (Å²) in [4.78, 5) is 28.6. The monoisotopic (exact) mass is 531 g/mol. The fourth-order valence-electron chi connectivity index (χ4n) is 4.42. The average Bonchev–Trinajstić information content (AvgIpc) is 3.42. The molecular formula is C21H28ClN4O4S3-. The summed E-state index contributed by atoms with van der Waals surface area (Å²) in [6.45, 7) is 5.38. The van der Waals surface area contributed by atoms with E-state index in [4.69, 9.17) is 5.73 Å². The lowest BCUT2D eigenvalue weighted by molar-refractivity contribution is -0.120. The summed E-state index contributed by atoms with van der Waals surface area (Å²) in [6.07, 6.45) is 2.70. The molecule has 2 amide bonds. The molecule has 4 rings (SSSR count). The minimum atomic E-state index is -3.50. The van der Waals surface area contributed by atoms with Gasteiger partial charge in [-0.15, -0.1) is 22.7 Å². The number of nitrogens with one attached hydrogen (secondary N) is 1. The van der Waals surface area contributed by atoms with Gasteiger partial charge >= 0.3 is 0 Å². The van der Waals surface area contributed by atoms with Gasteiger partial charge < -0.3 is 23.5 Å². The highest BCUT2D eigenvalue weighted by atomic mass is 35.5. The van der Waals surface area contributed by atoms with E-state index in [1.807, 2.05) is 0 Å². The maximum atomic E-state index is 13.0. The van der Waals surface area contributed by atoms with Gasteiger partial charge in [-0.25, -0.2) is 8.42 Å². The zero-order chi connectivity index (χ0) is 22.9. The first-order chi connectivity index (χ1) is 15.3. The Labute approximate surface area is 208 Å². The van der Waals surface area contributed by atoms with Crippen molar-refractivity contribution in [3.05, 3.63) is 33.5 Å². The second kappa shape index (κ2) is 10.8. The Morgan fingerprint density at radius 1 is 1.24 bits per heavy atom. The summed E-state index contributed by atoms with van der Waals surface area (Å²) >= 11 is 2.63. The molecule has 2 aromatic heterocycles. The predicted octanol–water partition coefficient (Wildman–Crippen LogP) is -0.280. The van der Waals surface area contributed by atoms with E-state index in [9.17, 15) is 18.0 Å². The molecule has 4 heterocycles. The number of fused-ring (bicyclic) bond motifs is 1. The predicted molar refractivity (Wildman–Crippen MR) is 127 cm³/mol. The zero-order valence-corrected chi connectivity index (χ0v) is 21.6. The van der Waals surface area contributed by atoms with Crippen LogP contribution >= 0.6 is 22.7 Å². The van der Waals surface area contributed by atoms with Gasteiger partial charge in [0.2, 0.25) is 5.91 Å². The van der Waals surface area contributed by atoms with Gasteiger partial charge in [-0.3, -0.25) is 14.5 Å². The molecule has 2 aromatic rings. The summed E-state index contributed by atoms with van der Waals surface area (Å²) in [6, 6.07) is 3.32. The standard InChI is InChI=1S/C21H28N4O4S3.ClH/c1-2-8-24-9-7-15-16(13-24)31-21(18(15)19(22)26)23-20(27)14-5-10-25(11-6-14)32(28,29)17-4-3-12-30-17;/h3-4,12,14H,2,5-11,13H2,1H3,(H2,22,26)(H,23,27);1H/p-1. The van der Waals surface area contributed by atoms with Crippen LogP contribution in [0.3, 0.4) is 0 Å². The van der Waals surface area contributed by atoms with E-state index in [0.29, 0.717) is 40.7 Å². The van der Waals surface area contributed by atoms with Crippen molar-refractivity contribution < 1.29 is 30.4 Å². The minimum Gasteiger partial charge on any atom is -1.00 e. The van der Waals surface area contributed by atoms with Crippen LogP contribution in [0.1, 0.15) is 47.0 Å². The molecule has 1 saturated heterocycles. The highest BCUT2D eigenvalue weighted by Crippen LogP contribution is 2.37. The molecule has 2 aliphatic heterocycles. The number of hydrogen-bond acceptors (Lipinski definition) is 7. The van der Waals surface area contributed by atoms with Crippen molar-refractivity contribution in [2.45, 2.75) is 43.4 Å². The van der Waals surface area contributed by atoms with E-state index >= 15 is 0 Å². The number of amides is 2. The van der Waals surface area contributed by atoms with E-state index in [-0.39, 0.29) is 24.2 Å². The number of rotatable bonds is 7. The third-order valence-corrected chi connectivity index (χ3v) is 10.5. The van der Waals surface area contributed by atoms with E-state index in [1.54, 1.807) is 17.5 Å². The number of hydrogen-bond donors (Lipinski definition) is 2. The highest BCUT2D eigenvalue weighted by molar-refractivity contribution is 7.91. The topological polar surface area (TPSA) is 113 Å². The van der Waals surface area contributed by atoms with Gasteiger partial charge in [-0.05, 0) is 49.2 Å². The molecule has 1 fully saturated rings. The summed E-state index contributed by atoms with van der Waals surface area (Å²) in [7, 11) is -3.50. The first kappa shape index (κ1) is 26.1. The molecule has 12 heteroatoms. The molecule has 0 saturated carbocycles. The van der Waals surface area contributed by atoms with E-state index in [2.05, 4.69) is 17.1 Å². The van der Waals surface area contributed by atoms with Crippen LogP contribution in [0.25, 0.3) is 0 Å². The van der Waals surface area contributed by atoms with Crippen LogP contribution in [0, 0.1) is 5.92 Å². The zero-order valence-electron chi connectivity index (χ0n) is 18.4. The smallest absolute Gasteiger partial charge is 0.252 e. The number of nitrogens with two attached hydrogens (primary N) is 1. The number of anilines is 1. The Hall–Kier alpha value is -1.50. The van der Waals surface area contributed by atoms with Gasteiger partial charge in [0.25, 0.3) is 15.9 Å². The number of sulfonamides is 1. The third-order valence-electron chi connectivity index (χ3n) is 6.07. The van der Waals surface area contributed by atoms with Gasteiger partial charge in [-0.1, -0.05) is 13.0 Å². The normalized spacial score (nSPS) is 17.8. The van der Waals surface area contributed by atoms with Crippen molar-refractivity contribution in [1.82, 2.24) is 9.21 Å². The Balaban J connectivity index is 0.00000306. The van der Waals surface area contributed by atoms with Gasteiger partial charge in [0.05, 0.1) is 5.56 Å². The van der Waals surface area contributed by atoms with E-state index in [0.717, 1.165) is 42.9 Å². The Bertz CT molecular complexity index is 1090. The lowest BCUT2D eigenvalue weighted by atomic mass is 9.97. The second-order valence-electron chi connectivity index (χ2n) is 8.20. The minimum absolute atomic E-state index is 0. The van der Waals surface area contributed by atoms with Crippen LogP contribution in [0.4, 0.5) is 5.00 Å². The summed E-state index contributed by atoms with van der Waals surface area (Å²) < 4.78 is 27.2. The number of halogens is 1. The van der Waals surface area contributed by atoms with E-state index in [1.165, 1.54) is 27.0 Å². The molecule has 33 heavy (non-hydrogen) atoms. The van der Waals surface area contributed by atoms with Crippen molar-refractivity contribution >= 4 is 49.5 Å². The van der Waals surface area contributed by atoms with Gasteiger partial charge in [0, 0.05) is 37.0 Å². The largest absolute Gasteiger partial charge is 1.00 e. The van der Waals surface area contributed by atoms with Gasteiger partial charge in [0.1, 0.15) is 9.21 Å². The van der Waals surface area contributed by atoms with E-state index < -0.39 is 15.9 Å². The molecule has 182 valence electrons. The van der Waals surface area contributed by atoms with Gasteiger partial charge in [-0.2, -0.15) is 4.31 Å². The summed E-state index contributed by atoms with van der Waals surface area (Å²) in [5, 5.41) is 5.21. The Morgan fingerprint density at radius 3 is 2.58 bits per heavy atom. The van der Waals surface area contributed by atoms with Crippen molar-refractivity contribution in [2.24, 2.45) is 11.7 Å². The van der Waals surface area contributed by atoms with Crippen LogP contribution in [0.15, 0.2) is 21.7 Å². The molecule has 2 aliphatic rings. The summed E-state index contributed by atoms with van der Waals surface area (Å²) in [5.41, 5.74) is 7.07. The fraction of sp³-hybridized carbons (Fsp3) is 0.524. The van der Waals surface area contributed by atoms with Crippen molar-refractivity contribution in [2.75, 3.05) is 31.5 Å². The molecule has 0 aliphatic carbocycles. The molecule has 0 aromatic carbocycles. The van der Waals surface area contributed by atoms with Crippen LogP contribution in [-0.2, 0) is 27.8 Å². The quantitative estimate of drug-likeness (QED) is 0.510. The lowest BCUT2D eigenvalue weighted by Crippen LogP contribution is -3.00. The maximum absolute atomic E-state index is 13.0. The number of piperidine rings is 1. The molecule has 0 bridgehead atoms. The SMILES string of the molecule is CCCN1CCc2c(sc(NC(=O)C3CCN(S(=O)(=O)c4cccs4)CC3)c2C(N)=O)C1.[Cl-]. The molecular weight excluding hydrogens is 504 g/mol. The van der Waals surface area contributed by atoms with Crippen molar-refractivity contribution in [1.29, 1.82) is 0 Å². The van der Waals surface area contributed by atoms with Crippen LogP contribution in [-0.4, -0.2) is 55.6 Å². The Morgan fingerprint density at radius 2 is 1.97 bits per heavy atom. The molecule has 0 radical (unpaired) electrons. The first-order valence-electron chi connectivity index (χ1n) is 10.8. The average molecular weight is 532 g/mol. The van der Waals surface area contributed by atoms with Crippen LogP contribution in [0.2, 0.25) is 0 Å². The third kappa shape index (κ3) is 5.44. The number of thiophene rings is 2. The molecule has 3 N–H and O–H groups in total. The number of carbonyl (C=O) groups excluding carboxylic acids is 2. The first-order valence-corrected chi connectivity index (χ1v) is 14.0. The Kier molecular flexibility index (Phi) is 8.57. The lowest BCUT2D eigenvalue weighted by Gasteiger charge is -2.30. The maximum Gasteiger partial charge on any atom is 0.252 e. The van der Waals surface area contributed by atoms with Gasteiger partial charge in [0.15, 0.2) is 0 Å². The number of carbonyl (C=O) groups is 2. The molecule has 0 spiro atoms. The fourth-order valence-corrected chi connectivity index (χ4v) is 8.33. The molecule has 0 unspecified atom stereocenters. The number of primary amides is 1. The van der Waals surface area contributed by atoms with Crippen molar-refractivity contribution in [3.63, 3.8) is 0 Å². The van der Waals surface area contributed by atoms with Crippen molar-refractivity contribution in [3.8, 4) is 0 Å². The number of nitrogens with zero attached hydrogens (tertiary/aromatic N) is 2. The molecule has 0 atom stereocenters. The van der Waals surface area contributed by atoms with Crippen LogP contribution < -0.4 is 23.5 Å². The summed E-state index contributed by atoms with van der Waals surface area (Å²) in [5.74, 6) is -0.996.